The van der Waals surface area contributed by atoms with Crippen molar-refractivity contribution in [2.45, 2.75) is 0 Å². The number of nitrogens with zero attached hydrogens (tertiary/aromatic N) is 4. The van der Waals surface area contributed by atoms with E-state index in [1.54, 1.807) is 0 Å². The van der Waals surface area contributed by atoms with Gasteiger partial charge in [0.25, 0.3) is 13.4 Å². The van der Waals surface area contributed by atoms with Crippen LogP contribution in [0.25, 0.3) is 22.3 Å². The molecule has 0 saturated heterocycles. The van der Waals surface area contributed by atoms with E-state index in [0.29, 0.717) is 0 Å². The molecule has 0 aliphatic carbocycles. The second-order valence-electron chi connectivity index (χ2n) is 19.1. The van der Waals surface area contributed by atoms with Crippen molar-refractivity contribution in [3.05, 3.63) is 267 Å². The molecule has 4 aliphatic heterocycles. The minimum absolute atomic E-state index is 0.147. The highest BCUT2D eigenvalue weighted by Crippen LogP contribution is 2.54. The largest absolute Gasteiger partial charge is 0.311 e. The van der Waals surface area contributed by atoms with Crippen LogP contribution in [0.2, 0.25) is 0 Å². The highest BCUT2D eigenvalue weighted by Gasteiger charge is 2.51. The van der Waals surface area contributed by atoms with Crippen molar-refractivity contribution in [1.29, 1.82) is 0 Å². The molecule has 0 amide bonds. The fraction of sp³-hybridized carbons (Fsp3) is 0. The molecule has 0 atom stereocenters. The number of rotatable bonds is 6. The molecule has 0 unspecified atom stereocenters. The predicted molar refractivity (Wildman–Crippen MR) is 305 cm³/mol. The molecule has 72 heavy (non-hydrogen) atoms. The van der Waals surface area contributed by atoms with E-state index in [4.69, 9.17) is 0 Å². The summed E-state index contributed by atoms with van der Waals surface area (Å²) in [5, 5.41) is 0. The Balaban J connectivity index is 1.19. The number of hydrogen-bond donors (Lipinski definition) is 0. The second-order valence-corrected chi connectivity index (χ2v) is 19.1. The molecule has 4 heterocycles. The summed E-state index contributed by atoms with van der Waals surface area (Å²) in [6.45, 7) is -0.293. The SMILES string of the molecule is c1ccc(-c2c3c(c(-c4ccccc4)c4c2B2c5ccccc5N(c5ccccc5)c5cccc(c52)N4c2ccccc2)N(c2ccccc2)c2cccc4c2B3c2ccccc2N4c2ccccc2)cc1. The monoisotopic (exact) mass is 914 g/mol. The van der Waals surface area contributed by atoms with Gasteiger partial charge in [0, 0.05) is 62.4 Å². The van der Waals surface area contributed by atoms with Gasteiger partial charge in [0.15, 0.2) is 0 Å². The topological polar surface area (TPSA) is 13.0 Å². The Hall–Kier alpha value is -9.25. The third-order valence-corrected chi connectivity index (χ3v) is 15.4. The highest BCUT2D eigenvalue weighted by molar-refractivity contribution is 7.05. The average Bonchev–Trinajstić information content (AvgIpc) is 3.47. The van der Waals surface area contributed by atoms with Gasteiger partial charge in [0.1, 0.15) is 0 Å². The Labute approximate surface area is 421 Å². The van der Waals surface area contributed by atoms with Crippen LogP contribution >= 0.6 is 0 Å². The van der Waals surface area contributed by atoms with Gasteiger partial charge in [0.2, 0.25) is 0 Å². The lowest BCUT2D eigenvalue weighted by molar-refractivity contribution is 1.23. The molecule has 0 spiro atoms. The van der Waals surface area contributed by atoms with Crippen LogP contribution in [0.15, 0.2) is 267 Å². The van der Waals surface area contributed by atoms with E-state index in [1.807, 2.05) is 0 Å². The van der Waals surface area contributed by atoms with Gasteiger partial charge in [-0.25, -0.2) is 0 Å². The van der Waals surface area contributed by atoms with Crippen LogP contribution in [0.5, 0.6) is 0 Å². The lowest BCUT2D eigenvalue weighted by Gasteiger charge is -2.49. The Morgan fingerprint density at radius 1 is 0.208 bits per heavy atom. The molecule has 15 rings (SSSR count). The van der Waals surface area contributed by atoms with Gasteiger partial charge >= 0.3 is 0 Å². The van der Waals surface area contributed by atoms with Crippen molar-refractivity contribution >= 4 is 114 Å². The molecule has 4 nitrogen and oxygen atoms in total. The molecule has 334 valence electrons. The molecule has 0 fully saturated rings. The van der Waals surface area contributed by atoms with E-state index >= 15 is 0 Å². The summed E-state index contributed by atoms with van der Waals surface area (Å²) in [4.78, 5) is 10.2. The summed E-state index contributed by atoms with van der Waals surface area (Å²) in [5.41, 5.74) is 26.6. The zero-order chi connectivity index (χ0) is 47.3. The summed E-state index contributed by atoms with van der Waals surface area (Å²) < 4.78 is 0. The van der Waals surface area contributed by atoms with Crippen molar-refractivity contribution in [3.63, 3.8) is 0 Å². The van der Waals surface area contributed by atoms with E-state index in [-0.39, 0.29) is 13.4 Å². The van der Waals surface area contributed by atoms with E-state index in [9.17, 15) is 0 Å². The lowest BCUT2D eigenvalue weighted by Crippen LogP contribution is -2.66. The molecule has 0 radical (unpaired) electrons. The number of fused-ring (bicyclic) bond motifs is 8. The third kappa shape index (κ3) is 5.84. The number of hydrogen-bond acceptors (Lipinski definition) is 4. The fourth-order valence-corrected chi connectivity index (χ4v) is 12.7. The van der Waals surface area contributed by atoms with E-state index in [0.717, 1.165) is 28.3 Å². The first-order chi connectivity index (χ1) is 35.8. The Kier molecular flexibility index (Phi) is 9.12. The maximum Gasteiger partial charge on any atom is 0.252 e. The minimum Gasteiger partial charge on any atom is -0.311 e. The van der Waals surface area contributed by atoms with Crippen LogP contribution in [-0.2, 0) is 0 Å². The Bertz CT molecular complexity index is 3680. The summed E-state index contributed by atoms with van der Waals surface area (Å²) in [5.74, 6) is 0. The van der Waals surface area contributed by atoms with E-state index < -0.39 is 0 Å². The molecule has 0 N–H and O–H groups in total. The van der Waals surface area contributed by atoms with Crippen LogP contribution < -0.4 is 52.4 Å². The number of anilines is 12. The zero-order valence-corrected chi connectivity index (χ0v) is 39.3. The van der Waals surface area contributed by atoms with Gasteiger partial charge in [0.05, 0.1) is 11.4 Å². The standard InChI is InChI=1S/C66H44B2N4/c1-7-25-45(26-8-1)59-63-65(71(49-33-15-5-16-34-49)57-43-23-41-55-61(57)67(63)51-37-19-21-39-53(51)69(55)47-29-11-3-12-30-47)60(46-27-9-2-10-28-46)66-64(59)68-52-38-20-22-40-54(52)70(48-31-13-4-14-32-48)56-42-24-44-58(62(56)68)72(66)50-35-17-6-18-36-50/h1-44H. The Morgan fingerprint density at radius 3 is 0.861 bits per heavy atom. The van der Waals surface area contributed by atoms with Gasteiger partial charge in [-0.3, -0.25) is 0 Å². The molecule has 6 heteroatoms. The van der Waals surface area contributed by atoms with Crippen molar-refractivity contribution in [1.82, 2.24) is 0 Å². The van der Waals surface area contributed by atoms with Gasteiger partial charge < -0.3 is 19.6 Å². The quantitative estimate of drug-likeness (QED) is 0.154. The molecule has 11 aromatic carbocycles. The molecule has 4 aliphatic rings. The maximum atomic E-state index is 2.61. The highest BCUT2D eigenvalue weighted by atomic mass is 15.2. The first kappa shape index (κ1) is 40.6. The van der Waals surface area contributed by atoms with Crippen molar-refractivity contribution < 1.29 is 0 Å². The van der Waals surface area contributed by atoms with Gasteiger partial charge in [-0.05, 0) is 134 Å². The molecule has 11 aromatic rings. The van der Waals surface area contributed by atoms with E-state index in [1.165, 1.54) is 95.0 Å². The minimum atomic E-state index is -0.147. The average molecular weight is 915 g/mol. The van der Waals surface area contributed by atoms with Crippen LogP contribution in [0.4, 0.5) is 68.2 Å². The number of para-hydroxylation sites is 6. The summed E-state index contributed by atoms with van der Waals surface area (Å²) in [7, 11) is 0. The van der Waals surface area contributed by atoms with Crippen LogP contribution in [0.3, 0.4) is 0 Å². The molecular weight excluding hydrogens is 870 g/mol. The third-order valence-electron chi connectivity index (χ3n) is 15.4. The molecule has 0 bridgehead atoms. The zero-order valence-electron chi connectivity index (χ0n) is 39.3. The first-order valence-corrected chi connectivity index (χ1v) is 25.0. The molecule has 0 saturated carbocycles. The Morgan fingerprint density at radius 2 is 0.486 bits per heavy atom. The smallest absolute Gasteiger partial charge is 0.252 e. The summed E-state index contributed by atoms with van der Waals surface area (Å²) in [6, 6.07) is 98.9. The van der Waals surface area contributed by atoms with Crippen LogP contribution in [-0.4, -0.2) is 13.4 Å². The van der Waals surface area contributed by atoms with Crippen molar-refractivity contribution in [3.8, 4) is 22.3 Å². The fourth-order valence-electron chi connectivity index (χ4n) is 12.7. The molecule has 0 aromatic heterocycles. The second kappa shape index (κ2) is 16.2. The van der Waals surface area contributed by atoms with Crippen LogP contribution in [0.1, 0.15) is 0 Å². The lowest BCUT2D eigenvalue weighted by atomic mass is 9.28. The van der Waals surface area contributed by atoms with E-state index in [2.05, 4.69) is 287 Å². The van der Waals surface area contributed by atoms with Crippen molar-refractivity contribution in [2.75, 3.05) is 19.6 Å². The predicted octanol–water partition coefficient (Wildman–Crippen LogP) is 13.2. The van der Waals surface area contributed by atoms with Gasteiger partial charge in [-0.2, -0.15) is 0 Å². The summed E-state index contributed by atoms with van der Waals surface area (Å²) in [6.07, 6.45) is 0. The normalized spacial score (nSPS) is 13.4. The summed E-state index contributed by atoms with van der Waals surface area (Å²) >= 11 is 0. The molecular formula is C66H44B2N4. The maximum absolute atomic E-state index is 2.61. The number of benzene rings is 11. The van der Waals surface area contributed by atoms with Gasteiger partial charge in [-0.15, -0.1) is 0 Å². The van der Waals surface area contributed by atoms with Crippen molar-refractivity contribution in [2.24, 2.45) is 0 Å². The van der Waals surface area contributed by atoms with Gasteiger partial charge in [-0.1, -0.05) is 182 Å². The van der Waals surface area contributed by atoms with Crippen LogP contribution in [0, 0.1) is 0 Å². The first-order valence-electron chi connectivity index (χ1n) is 25.0.